The number of pyridine rings is 1. The van der Waals surface area contributed by atoms with Gasteiger partial charge in [-0.15, -0.1) is 0 Å². The van der Waals surface area contributed by atoms with Gasteiger partial charge in [0.05, 0.1) is 11.9 Å². The van der Waals surface area contributed by atoms with Crippen molar-refractivity contribution in [3.63, 3.8) is 0 Å². The van der Waals surface area contributed by atoms with Gasteiger partial charge in [0.15, 0.2) is 5.58 Å². The summed E-state index contributed by atoms with van der Waals surface area (Å²) in [4.78, 5) is 15.9. The fraction of sp³-hybridized carbons (Fsp3) is 0.0556. The standard InChI is InChI=1S/C18H14N4O2/c1-22-9-13(8-20-22)15-6-7-16-17(21-15)14(10-24-16)11-2-4-12(5-3-11)18(19)23/h2-10H,1H3,(H2,19,23). The van der Waals surface area contributed by atoms with Crippen LogP contribution in [0.3, 0.4) is 0 Å². The zero-order chi connectivity index (χ0) is 16.7. The van der Waals surface area contributed by atoms with Gasteiger partial charge in [-0.2, -0.15) is 5.10 Å². The summed E-state index contributed by atoms with van der Waals surface area (Å²) in [5.41, 5.74) is 10.8. The molecule has 3 aromatic heterocycles. The first-order chi connectivity index (χ1) is 11.6. The van der Waals surface area contributed by atoms with Crippen LogP contribution in [-0.2, 0) is 7.05 Å². The third-order valence-electron chi connectivity index (χ3n) is 3.90. The van der Waals surface area contributed by atoms with E-state index in [2.05, 4.69) is 5.10 Å². The average Bonchev–Trinajstić information content (AvgIpc) is 3.20. The van der Waals surface area contributed by atoms with E-state index >= 15 is 0 Å². The Hall–Kier alpha value is -3.41. The fourth-order valence-corrected chi connectivity index (χ4v) is 2.65. The van der Waals surface area contributed by atoms with Crippen molar-refractivity contribution in [1.29, 1.82) is 0 Å². The lowest BCUT2D eigenvalue weighted by molar-refractivity contribution is 0.100. The van der Waals surface area contributed by atoms with Crippen molar-refractivity contribution in [2.24, 2.45) is 12.8 Å². The van der Waals surface area contributed by atoms with Gasteiger partial charge in [-0.25, -0.2) is 4.98 Å². The summed E-state index contributed by atoms with van der Waals surface area (Å²) in [5, 5.41) is 4.18. The van der Waals surface area contributed by atoms with Crippen LogP contribution in [0.5, 0.6) is 0 Å². The first kappa shape index (κ1) is 14.2. The molecule has 0 radical (unpaired) electrons. The van der Waals surface area contributed by atoms with E-state index in [1.165, 1.54) is 0 Å². The van der Waals surface area contributed by atoms with Crippen molar-refractivity contribution in [3.8, 4) is 22.4 Å². The van der Waals surface area contributed by atoms with E-state index in [0.29, 0.717) is 11.1 Å². The molecule has 1 aromatic carbocycles. The van der Waals surface area contributed by atoms with Gasteiger partial charge in [-0.1, -0.05) is 12.1 Å². The van der Waals surface area contributed by atoms with Crippen LogP contribution < -0.4 is 5.73 Å². The van der Waals surface area contributed by atoms with Gasteiger partial charge in [0.1, 0.15) is 11.8 Å². The second-order valence-electron chi connectivity index (χ2n) is 5.54. The number of amides is 1. The van der Waals surface area contributed by atoms with Gasteiger partial charge in [0, 0.05) is 29.9 Å². The molecule has 0 unspecified atom stereocenters. The number of carbonyl (C=O) groups excluding carboxylic acids is 1. The van der Waals surface area contributed by atoms with Crippen LogP contribution in [0.4, 0.5) is 0 Å². The van der Waals surface area contributed by atoms with Crippen LogP contribution in [0.2, 0.25) is 0 Å². The number of aromatic nitrogens is 3. The second-order valence-corrected chi connectivity index (χ2v) is 5.54. The molecule has 0 aliphatic heterocycles. The van der Waals surface area contributed by atoms with Crippen molar-refractivity contribution in [1.82, 2.24) is 14.8 Å². The smallest absolute Gasteiger partial charge is 0.248 e. The van der Waals surface area contributed by atoms with Gasteiger partial charge in [0.25, 0.3) is 0 Å². The molecule has 0 spiro atoms. The van der Waals surface area contributed by atoms with Crippen LogP contribution >= 0.6 is 0 Å². The predicted molar refractivity (Wildman–Crippen MR) is 90.2 cm³/mol. The van der Waals surface area contributed by atoms with Gasteiger partial charge in [-0.3, -0.25) is 9.48 Å². The van der Waals surface area contributed by atoms with E-state index in [1.54, 1.807) is 29.3 Å². The highest BCUT2D eigenvalue weighted by Crippen LogP contribution is 2.31. The highest BCUT2D eigenvalue weighted by atomic mass is 16.3. The van der Waals surface area contributed by atoms with Crippen molar-refractivity contribution in [3.05, 3.63) is 60.6 Å². The maximum Gasteiger partial charge on any atom is 0.248 e. The zero-order valence-electron chi connectivity index (χ0n) is 12.9. The van der Waals surface area contributed by atoms with E-state index in [1.807, 2.05) is 37.5 Å². The van der Waals surface area contributed by atoms with Gasteiger partial charge in [-0.05, 0) is 29.8 Å². The molecule has 0 bridgehead atoms. The van der Waals surface area contributed by atoms with Crippen molar-refractivity contribution < 1.29 is 9.21 Å². The minimum Gasteiger partial charge on any atom is -0.462 e. The molecule has 0 atom stereocenters. The normalized spacial score (nSPS) is 11.0. The molecular weight excluding hydrogens is 304 g/mol. The van der Waals surface area contributed by atoms with Crippen LogP contribution in [0.15, 0.2) is 59.5 Å². The lowest BCUT2D eigenvalue weighted by Gasteiger charge is -2.01. The number of fused-ring (bicyclic) bond motifs is 1. The van der Waals surface area contributed by atoms with E-state index in [-0.39, 0.29) is 0 Å². The first-order valence-electron chi connectivity index (χ1n) is 7.39. The highest BCUT2D eigenvalue weighted by molar-refractivity contribution is 5.95. The molecule has 24 heavy (non-hydrogen) atoms. The molecule has 1 amide bonds. The number of primary amides is 1. The molecule has 4 rings (SSSR count). The Morgan fingerprint density at radius 1 is 1.12 bits per heavy atom. The summed E-state index contributed by atoms with van der Waals surface area (Å²) in [5.74, 6) is -0.449. The summed E-state index contributed by atoms with van der Waals surface area (Å²) in [6.45, 7) is 0. The summed E-state index contributed by atoms with van der Waals surface area (Å²) in [7, 11) is 1.87. The van der Waals surface area contributed by atoms with E-state index in [9.17, 15) is 4.79 Å². The largest absolute Gasteiger partial charge is 0.462 e. The number of nitrogens with zero attached hydrogens (tertiary/aromatic N) is 3. The molecule has 118 valence electrons. The molecule has 0 saturated carbocycles. The third-order valence-corrected chi connectivity index (χ3v) is 3.90. The molecule has 6 nitrogen and oxygen atoms in total. The zero-order valence-corrected chi connectivity index (χ0v) is 12.9. The molecule has 0 aliphatic rings. The maximum atomic E-state index is 11.2. The van der Waals surface area contributed by atoms with Crippen LogP contribution in [-0.4, -0.2) is 20.7 Å². The lowest BCUT2D eigenvalue weighted by atomic mass is 10.0. The quantitative estimate of drug-likeness (QED) is 0.629. The van der Waals surface area contributed by atoms with Gasteiger partial charge >= 0.3 is 0 Å². The Bertz CT molecular complexity index is 1040. The van der Waals surface area contributed by atoms with E-state index in [0.717, 1.165) is 27.9 Å². The Morgan fingerprint density at radius 3 is 2.58 bits per heavy atom. The molecule has 0 saturated heterocycles. The Morgan fingerprint density at radius 2 is 1.92 bits per heavy atom. The van der Waals surface area contributed by atoms with Crippen molar-refractivity contribution in [2.45, 2.75) is 0 Å². The molecule has 2 N–H and O–H groups in total. The number of hydrogen-bond acceptors (Lipinski definition) is 4. The van der Waals surface area contributed by atoms with Crippen molar-refractivity contribution in [2.75, 3.05) is 0 Å². The highest BCUT2D eigenvalue weighted by Gasteiger charge is 2.12. The average molecular weight is 318 g/mol. The van der Waals surface area contributed by atoms with E-state index in [4.69, 9.17) is 15.1 Å². The molecule has 0 aliphatic carbocycles. The number of aryl methyl sites for hydroxylation is 1. The Labute approximate surface area is 137 Å². The Balaban J connectivity index is 1.82. The molecular formula is C18H14N4O2. The fourth-order valence-electron chi connectivity index (χ4n) is 2.65. The number of hydrogen-bond donors (Lipinski definition) is 1. The maximum absolute atomic E-state index is 11.2. The van der Waals surface area contributed by atoms with Crippen LogP contribution in [0.1, 0.15) is 10.4 Å². The number of rotatable bonds is 3. The summed E-state index contributed by atoms with van der Waals surface area (Å²) in [6, 6.07) is 10.9. The van der Waals surface area contributed by atoms with E-state index < -0.39 is 5.91 Å². The predicted octanol–water partition coefficient (Wildman–Crippen LogP) is 2.99. The second kappa shape index (κ2) is 5.34. The van der Waals surface area contributed by atoms with Crippen LogP contribution in [0, 0.1) is 0 Å². The molecule has 0 fully saturated rings. The summed E-state index contributed by atoms with van der Waals surface area (Å²) >= 11 is 0. The minimum atomic E-state index is -0.449. The number of benzene rings is 1. The first-order valence-corrected chi connectivity index (χ1v) is 7.39. The van der Waals surface area contributed by atoms with Gasteiger partial charge < -0.3 is 10.2 Å². The monoisotopic (exact) mass is 318 g/mol. The minimum absolute atomic E-state index is 0.449. The Kier molecular flexibility index (Phi) is 3.16. The number of carbonyl (C=O) groups is 1. The lowest BCUT2D eigenvalue weighted by Crippen LogP contribution is -2.10. The summed E-state index contributed by atoms with van der Waals surface area (Å²) in [6.07, 6.45) is 5.36. The number of nitrogens with two attached hydrogens (primary N) is 1. The number of furan rings is 1. The summed E-state index contributed by atoms with van der Waals surface area (Å²) < 4.78 is 7.34. The molecule has 3 heterocycles. The molecule has 4 aromatic rings. The SMILES string of the molecule is Cn1cc(-c2ccc3occ(-c4ccc(C(N)=O)cc4)c3n2)cn1. The molecule has 6 heteroatoms. The van der Waals surface area contributed by atoms with Gasteiger partial charge in [0.2, 0.25) is 5.91 Å². The van der Waals surface area contributed by atoms with Crippen molar-refractivity contribution >= 4 is 17.0 Å². The topological polar surface area (TPSA) is 86.9 Å². The third kappa shape index (κ3) is 2.34. The van der Waals surface area contributed by atoms with Crippen LogP contribution in [0.25, 0.3) is 33.5 Å².